The van der Waals surface area contributed by atoms with E-state index in [1.807, 2.05) is 13.8 Å². The number of nitrogens with one attached hydrogen (secondary N) is 1. The molecule has 19 heavy (non-hydrogen) atoms. The summed E-state index contributed by atoms with van der Waals surface area (Å²) in [6, 6.07) is 3.53. The van der Waals surface area contributed by atoms with Crippen LogP contribution in [0.4, 0.5) is 8.78 Å². The number of hydrogen-bond donors (Lipinski definition) is 1. The van der Waals surface area contributed by atoms with Crippen molar-refractivity contribution in [1.82, 2.24) is 5.32 Å². The van der Waals surface area contributed by atoms with Crippen molar-refractivity contribution in [3.63, 3.8) is 0 Å². The van der Waals surface area contributed by atoms with Crippen molar-refractivity contribution in [3.8, 4) is 0 Å². The zero-order chi connectivity index (χ0) is 14.6. The van der Waals surface area contributed by atoms with Crippen molar-refractivity contribution in [3.05, 3.63) is 35.4 Å². The zero-order valence-corrected chi connectivity index (χ0v) is 12.1. The molecule has 3 nitrogen and oxygen atoms in total. The Labute approximate surface area is 112 Å². The molecular formula is C13H19F2NO2S. The molecule has 0 radical (unpaired) electrons. The summed E-state index contributed by atoms with van der Waals surface area (Å²) in [5, 5.41) is 3.07. The highest BCUT2D eigenvalue weighted by Gasteiger charge is 2.17. The molecule has 1 rings (SSSR count). The minimum absolute atomic E-state index is 0.0138. The van der Waals surface area contributed by atoms with Crippen molar-refractivity contribution in [1.29, 1.82) is 0 Å². The lowest BCUT2D eigenvalue weighted by Gasteiger charge is -2.23. The van der Waals surface area contributed by atoms with Gasteiger partial charge in [0, 0.05) is 18.8 Å². The van der Waals surface area contributed by atoms with E-state index in [-0.39, 0.29) is 24.3 Å². The Bertz CT molecular complexity index is 529. The second-order valence-electron chi connectivity index (χ2n) is 4.98. The topological polar surface area (TPSA) is 46.2 Å². The highest BCUT2D eigenvalue weighted by Crippen LogP contribution is 2.23. The molecule has 1 aromatic carbocycles. The minimum Gasteiger partial charge on any atom is -0.309 e. The largest absolute Gasteiger partial charge is 0.309 e. The molecule has 0 bridgehead atoms. The van der Waals surface area contributed by atoms with Gasteiger partial charge < -0.3 is 5.32 Å². The summed E-state index contributed by atoms with van der Waals surface area (Å²) < 4.78 is 48.2. The molecule has 0 saturated carbocycles. The van der Waals surface area contributed by atoms with Gasteiger partial charge in [-0.3, -0.25) is 0 Å². The van der Waals surface area contributed by atoms with Crippen molar-refractivity contribution in [2.24, 2.45) is 5.92 Å². The summed E-state index contributed by atoms with van der Waals surface area (Å²) in [7, 11) is -3.04. The van der Waals surface area contributed by atoms with E-state index in [0.717, 1.165) is 18.4 Å². The van der Waals surface area contributed by atoms with Gasteiger partial charge in [-0.1, -0.05) is 19.9 Å². The maximum absolute atomic E-state index is 13.2. The van der Waals surface area contributed by atoms with E-state index in [0.29, 0.717) is 5.56 Å². The highest BCUT2D eigenvalue weighted by atomic mass is 32.2. The van der Waals surface area contributed by atoms with Gasteiger partial charge in [0.15, 0.2) is 11.6 Å². The maximum atomic E-state index is 13.2. The lowest BCUT2D eigenvalue weighted by atomic mass is 9.96. The summed E-state index contributed by atoms with van der Waals surface area (Å²) >= 11 is 0. The van der Waals surface area contributed by atoms with Crippen LogP contribution in [-0.2, 0) is 9.84 Å². The van der Waals surface area contributed by atoms with Crippen LogP contribution in [0.3, 0.4) is 0 Å². The second kappa shape index (κ2) is 6.43. The molecule has 0 saturated heterocycles. The van der Waals surface area contributed by atoms with Gasteiger partial charge in [-0.25, -0.2) is 17.2 Å². The molecule has 0 aliphatic heterocycles. The molecule has 6 heteroatoms. The predicted octanol–water partition coefficient (Wildman–Crippen LogP) is 2.30. The van der Waals surface area contributed by atoms with E-state index in [4.69, 9.17) is 0 Å². The third-order valence-electron chi connectivity index (χ3n) is 2.81. The first-order chi connectivity index (χ1) is 8.70. The molecule has 0 amide bonds. The van der Waals surface area contributed by atoms with Crippen LogP contribution in [0.1, 0.15) is 25.5 Å². The number of halogens is 2. The predicted molar refractivity (Wildman–Crippen MR) is 71.7 cm³/mol. The van der Waals surface area contributed by atoms with Crippen LogP contribution in [0.5, 0.6) is 0 Å². The average Bonchev–Trinajstić information content (AvgIpc) is 2.26. The quantitative estimate of drug-likeness (QED) is 0.875. The molecule has 1 atom stereocenters. The fourth-order valence-corrected chi connectivity index (χ4v) is 2.33. The van der Waals surface area contributed by atoms with E-state index >= 15 is 0 Å². The summed E-state index contributed by atoms with van der Waals surface area (Å²) in [6.07, 6.45) is 1.16. The van der Waals surface area contributed by atoms with Gasteiger partial charge in [-0.15, -0.1) is 0 Å². The van der Waals surface area contributed by atoms with Gasteiger partial charge in [-0.05, 0) is 23.6 Å². The summed E-state index contributed by atoms with van der Waals surface area (Å²) in [4.78, 5) is 0. The van der Waals surface area contributed by atoms with Crippen molar-refractivity contribution >= 4 is 9.84 Å². The van der Waals surface area contributed by atoms with E-state index in [1.54, 1.807) is 0 Å². The first-order valence-electron chi connectivity index (χ1n) is 6.07. The Morgan fingerprint density at radius 2 is 1.84 bits per heavy atom. The van der Waals surface area contributed by atoms with E-state index in [1.165, 1.54) is 6.07 Å². The zero-order valence-electron chi connectivity index (χ0n) is 11.3. The minimum atomic E-state index is -3.04. The number of rotatable bonds is 6. The molecule has 0 aliphatic carbocycles. The van der Waals surface area contributed by atoms with Gasteiger partial charge in [0.25, 0.3) is 0 Å². The molecule has 0 aromatic heterocycles. The number of hydrogen-bond acceptors (Lipinski definition) is 3. The van der Waals surface area contributed by atoms with Gasteiger partial charge in [0.2, 0.25) is 0 Å². The van der Waals surface area contributed by atoms with Crippen LogP contribution < -0.4 is 5.32 Å². The fraction of sp³-hybridized carbons (Fsp3) is 0.538. The van der Waals surface area contributed by atoms with E-state index in [9.17, 15) is 17.2 Å². The molecule has 0 fully saturated rings. The van der Waals surface area contributed by atoms with E-state index < -0.39 is 21.5 Å². The summed E-state index contributed by atoms with van der Waals surface area (Å²) in [5.41, 5.74) is 0.613. The van der Waals surface area contributed by atoms with Gasteiger partial charge in [0.1, 0.15) is 9.84 Å². The molecule has 0 aliphatic rings. The molecular weight excluding hydrogens is 272 g/mol. The highest BCUT2D eigenvalue weighted by molar-refractivity contribution is 7.90. The average molecular weight is 291 g/mol. The van der Waals surface area contributed by atoms with Crippen molar-refractivity contribution in [2.45, 2.75) is 19.9 Å². The van der Waals surface area contributed by atoms with Crippen molar-refractivity contribution < 1.29 is 17.2 Å². The third-order valence-corrected chi connectivity index (χ3v) is 3.75. The smallest absolute Gasteiger partial charge is 0.159 e. The lowest BCUT2D eigenvalue weighted by Crippen LogP contribution is -2.30. The molecule has 1 aromatic rings. The Kier molecular flexibility index (Phi) is 5.43. The second-order valence-corrected chi connectivity index (χ2v) is 7.24. The SMILES string of the molecule is CC(C)C(NCCS(C)(=O)=O)c1ccc(F)c(F)c1. The molecule has 1 unspecified atom stereocenters. The molecule has 1 N–H and O–H groups in total. The Hall–Kier alpha value is -1.01. The van der Waals surface area contributed by atoms with Crippen molar-refractivity contribution in [2.75, 3.05) is 18.6 Å². The molecule has 108 valence electrons. The lowest BCUT2D eigenvalue weighted by molar-refractivity contribution is 0.417. The number of sulfone groups is 1. The number of benzene rings is 1. The molecule has 0 heterocycles. The normalized spacial score (nSPS) is 13.8. The standard InChI is InChI=1S/C13H19F2NO2S/c1-9(2)13(16-6-7-19(3,17)18)10-4-5-11(14)12(15)8-10/h4-5,8-9,13,16H,6-7H2,1-3H3. The third kappa shape index (κ3) is 5.24. The van der Waals surface area contributed by atoms with Gasteiger partial charge in [0.05, 0.1) is 5.75 Å². The monoisotopic (exact) mass is 291 g/mol. The first-order valence-corrected chi connectivity index (χ1v) is 8.13. The van der Waals surface area contributed by atoms with Crippen LogP contribution in [0, 0.1) is 17.6 Å². The first kappa shape index (κ1) is 16.0. The Morgan fingerprint density at radius 1 is 1.21 bits per heavy atom. The fourth-order valence-electron chi connectivity index (χ4n) is 1.84. The van der Waals surface area contributed by atoms with Crippen LogP contribution in [0.2, 0.25) is 0 Å². The van der Waals surface area contributed by atoms with Crippen LogP contribution in [-0.4, -0.2) is 27.0 Å². The Morgan fingerprint density at radius 3 is 2.32 bits per heavy atom. The summed E-state index contributed by atoms with van der Waals surface area (Å²) in [5.74, 6) is -1.64. The van der Waals surface area contributed by atoms with Gasteiger partial charge >= 0.3 is 0 Å². The maximum Gasteiger partial charge on any atom is 0.159 e. The van der Waals surface area contributed by atoms with Crippen LogP contribution in [0.15, 0.2) is 18.2 Å². The van der Waals surface area contributed by atoms with Gasteiger partial charge in [-0.2, -0.15) is 0 Å². The van der Waals surface area contributed by atoms with Crippen LogP contribution >= 0.6 is 0 Å². The molecule has 0 spiro atoms. The Balaban J connectivity index is 2.80. The van der Waals surface area contributed by atoms with Crippen LogP contribution in [0.25, 0.3) is 0 Å². The summed E-state index contributed by atoms with van der Waals surface area (Å²) in [6.45, 7) is 4.14. The van der Waals surface area contributed by atoms with E-state index in [2.05, 4.69) is 5.32 Å².